The molecule has 162 valence electrons. The molecule has 30 heavy (non-hydrogen) atoms. The van der Waals surface area contributed by atoms with Crippen LogP contribution in [0.15, 0.2) is 11.4 Å². The number of hydrogen-bond donors (Lipinski definition) is 2. The number of carbonyl (C=O) groups is 2. The van der Waals surface area contributed by atoms with Gasteiger partial charge in [-0.1, -0.05) is 0 Å². The second kappa shape index (κ2) is 8.82. The summed E-state index contributed by atoms with van der Waals surface area (Å²) in [7, 11) is 5.55. The van der Waals surface area contributed by atoms with Crippen molar-refractivity contribution in [2.24, 2.45) is 11.8 Å². The third-order valence-electron chi connectivity index (χ3n) is 6.61. The first-order valence-electron chi connectivity index (χ1n) is 10.6. The fourth-order valence-corrected chi connectivity index (χ4v) is 5.76. The summed E-state index contributed by atoms with van der Waals surface area (Å²) >= 11 is 1.52. The average Bonchev–Trinajstić information content (AvgIpc) is 3.18. The monoisotopic (exact) mass is 436 g/mol. The first-order valence-corrected chi connectivity index (χ1v) is 11.5. The molecule has 0 aliphatic carbocycles. The van der Waals surface area contributed by atoms with Gasteiger partial charge in [0, 0.05) is 36.5 Å². The molecule has 0 aromatic carbocycles. The lowest BCUT2D eigenvalue weighted by Gasteiger charge is -2.44. The molecule has 1 aromatic heterocycles. The molecule has 3 fully saturated rings. The average molecular weight is 436 g/mol. The van der Waals surface area contributed by atoms with Crippen LogP contribution in [0.25, 0.3) is 0 Å². The Balaban J connectivity index is 1.31. The van der Waals surface area contributed by atoms with Gasteiger partial charge in [-0.15, -0.1) is 11.3 Å². The summed E-state index contributed by atoms with van der Waals surface area (Å²) < 4.78 is 29.2. The van der Waals surface area contributed by atoms with Crippen LogP contribution < -0.4 is 15.5 Å². The number of imide groups is 1. The molecule has 2 amide bonds. The highest BCUT2D eigenvalue weighted by Gasteiger charge is 2.48. The zero-order chi connectivity index (χ0) is 21.3. The molecule has 2 N–H and O–H groups in total. The molecule has 3 aliphatic rings. The van der Waals surface area contributed by atoms with E-state index in [1.807, 2.05) is 11.4 Å². The molecule has 6 nitrogen and oxygen atoms in total. The van der Waals surface area contributed by atoms with E-state index >= 15 is 0 Å². The predicted octanol–water partition coefficient (Wildman–Crippen LogP) is 2.26. The Morgan fingerprint density at radius 1 is 1.20 bits per heavy atom. The molecule has 2 atom stereocenters. The first-order chi connectivity index (χ1) is 14.4. The smallest absolute Gasteiger partial charge is 0.263 e. The van der Waals surface area contributed by atoms with Gasteiger partial charge in [0.1, 0.15) is 6.04 Å². The number of likely N-dealkylation sites (tertiary alicyclic amines) is 1. The summed E-state index contributed by atoms with van der Waals surface area (Å²) in [6.07, 6.45) is 3.04. The Morgan fingerprint density at radius 2 is 1.97 bits per heavy atom. The number of rotatable bonds is 5. The number of carbonyl (C=O) groups excluding carboxylic acids is 2. The molecule has 3 saturated heterocycles. The Labute approximate surface area is 180 Å². The van der Waals surface area contributed by atoms with Crippen LogP contribution in [0.1, 0.15) is 32.1 Å². The zero-order valence-electron chi connectivity index (χ0n) is 16.9. The molecule has 10 heteroatoms. The van der Waals surface area contributed by atoms with Gasteiger partial charge in [0.15, 0.2) is 0 Å². The van der Waals surface area contributed by atoms with E-state index < -0.39 is 17.9 Å². The summed E-state index contributed by atoms with van der Waals surface area (Å²) in [6, 6.07) is 1.60. The summed E-state index contributed by atoms with van der Waals surface area (Å²) in [4.78, 5) is 27.1. The van der Waals surface area contributed by atoms with Crippen LogP contribution in [-0.4, -0.2) is 69.1 Å². The summed E-state index contributed by atoms with van der Waals surface area (Å²) in [5.74, 6) is -3.72. The maximum Gasteiger partial charge on any atom is 0.263 e. The van der Waals surface area contributed by atoms with Crippen LogP contribution in [0, 0.1) is 11.8 Å². The van der Waals surface area contributed by atoms with E-state index in [9.17, 15) is 18.4 Å². The van der Waals surface area contributed by atoms with Crippen LogP contribution in [0.4, 0.5) is 19.5 Å². The Bertz CT molecular complexity index is 785. The number of anilines is 2. The highest BCUT2D eigenvalue weighted by atomic mass is 32.1. The minimum Gasteiger partial charge on any atom is -0.371 e. The first kappa shape index (κ1) is 21.6. The molecule has 0 spiro atoms. The van der Waals surface area contributed by atoms with Gasteiger partial charge in [-0.3, -0.25) is 14.9 Å². The summed E-state index contributed by atoms with van der Waals surface area (Å²) in [5, 5.41) is 8.46. The number of piperidine rings is 3. The van der Waals surface area contributed by atoms with Crippen molar-refractivity contribution in [3.05, 3.63) is 11.4 Å². The Kier molecular flexibility index (Phi) is 6.34. The van der Waals surface area contributed by atoms with Gasteiger partial charge < -0.3 is 15.1 Å². The van der Waals surface area contributed by atoms with Crippen molar-refractivity contribution in [2.45, 2.75) is 44.1 Å². The van der Waals surface area contributed by atoms with E-state index in [0.717, 1.165) is 36.6 Å². The number of alkyl halides is 2. The van der Waals surface area contributed by atoms with Crippen molar-refractivity contribution in [1.82, 2.24) is 10.2 Å². The number of nitrogens with zero attached hydrogens (tertiary/aromatic N) is 2. The van der Waals surface area contributed by atoms with Crippen molar-refractivity contribution in [1.29, 1.82) is 0 Å². The number of thiophene rings is 1. The van der Waals surface area contributed by atoms with E-state index in [0.29, 0.717) is 25.8 Å². The van der Waals surface area contributed by atoms with E-state index in [2.05, 4.69) is 15.5 Å². The van der Waals surface area contributed by atoms with Crippen LogP contribution >= 0.6 is 11.3 Å². The molecule has 4 rings (SSSR count). The van der Waals surface area contributed by atoms with E-state index in [1.54, 1.807) is 4.90 Å². The van der Waals surface area contributed by atoms with Crippen molar-refractivity contribution >= 4 is 41.7 Å². The minimum absolute atomic E-state index is 0.0378. The van der Waals surface area contributed by atoms with Gasteiger partial charge in [0.05, 0.1) is 19.4 Å². The molecule has 2 unspecified atom stereocenters. The highest BCUT2D eigenvalue weighted by molar-refractivity contribution is 7.14. The van der Waals surface area contributed by atoms with Crippen molar-refractivity contribution in [3.63, 3.8) is 0 Å². The summed E-state index contributed by atoms with van der Waals surface area (Å²) in [5.41, 5.74) is 1.05. The fraction of sp³-hybridized carbons (Fsp3) is 0.700. The largest absolute Gasteiger partial charge is 0.371 e. The van der Waals surface area contributed by atoms with E-state index in [1.165, 1.54) is 11.3 Å². The second-order valence-electron chi connectivity index (χ2n) is 8.53. The molecule has 1 aromatic rings. The molecule has 0 bridgehead atoms. The third kappa shape index (κ3) is 4.64. The van der Waals surface area contributed by atoms with Gasteiger partial charge in [0.2, 0.25) is 11.8 Å². The van der Waals surface area contributed by atoms with Crippen molar-refractivity contribution < 1.29 is 18.4 Å². The molecule has 3 aliphatic heterocycles. The topological polar surface area (TPSA) is 64.7 Å². The van der Waals surface area contributed by atoms with Gasteiger partial charge >= 0.3 is 0 Å². The lowest BCUT2D eigenvalue weighted by molar-refractivity contribution is -0.133. The molecule has 0 saturated carbocycles. The number of hydrogen-bond acceptors (Lipinski definition) is 6. The third-order valence-corrected chi connectivity index (χ3v) is 7.46. The maximum absolute atomic E-state index is 14.6. The molecular formula is C20H27BF2N4O2S. The molecule has 4 heterocycles. The van der Waals surface area contributed by atoms with Gasteiger partial charge in [0.25, 0.3) is 5.92 Å². The molecule has 2 radical (unpaired) electrons. The molecular weight excluding hydrogens is 409 g/mol. The van der Waals surface area contributed by atoms with Crippen LogP contribution in [0.3, 0.4) is 0 Å². The van der Waals surface area contributed by atoms with Crippen molar-refractivity contribution in [2.75, 3.05) is 42.8 Å². The zero-order valence-corrected chi connectivity index (χ0v) is 17.7. The van der Waals surface area contributed by atoms with E-state index in [4.69, 9.17) is 7.85 Å². The van der Waals surface area contributed by atoms with Crippen LogP contribution in [0.5, 0.6) is 0 Å². The summed E-state index contributed by atoms with van der Waals surface area (Å²) in [6.45, 7) is 1.93. The standard InChI is InChI=1S/C20H27BF2N4O2S/c21-12-26-6-5-15(20(22,23)11-26)13-3-7-27(8-4-13)14-9-18(30-10-14)24-16-1-2-17(28)25-19(16)29/h9-10,13,15-16,24H,1-8,11-12H2,(H,25,28,29). The fourth-order valence-electron chi connectivity index (χ4n) is 4.89. The van der Waals surface area contributed by atoms with Gasteiger partial charge in [-0.25, -0.2) is 8.78 Å². The Morgan fingerprint density at radius 3 is 2.63 bits per heavy atom. The van der Waals surface area contributed by atoms with Crippen LogP contribution in [0.2, 0.25) is 0 Å². The number of halogens is 2. The maximum atomic E-state index is 14.6. The highest BCUT2D eigenvalue weighted by Crippen LogP contribution is 2.42. The number of amides is 2. The van der Waals surface area contributed by atoms with Crippen LogP contribution in [-0.2, 0) is 9.59 Å². The van der Waals surface area contributed by atoms with Gasteiger partial charge in [-0.2, -0.15) is 0 Å². The number of nitrogens with one attached hydrogen (secondary N) is 2. The lowest BCUT2D eigenvalue weighted by Crippen LogP contribution is -2.52. The Hall–Kier alpha value is -1.68. The SMILES string of the molecule is [B]CN1CCC(C2CCN(c3csc(NC4CCC(=O)NC4=O)c3)CC2)C(F)(F)C1. The predicted molar refractivity (Wildman–Crippen MR) is 114 cm³/mol. The minimum atomic E-state index is -2.67. The second-order valence-corrected chi connectivity index (χ2v) is 9.44. The lowest BCUT2D eigenvalue weighted by atomic mass is 9.76. The van der Waals surface area contributed by atoms with E-state index in [-0.39, 0.29) is 30.7 Å². The normalized spacial score (nSPS) is 28.4. The quantitative estimate of drug-likeness (QED) is 0.548. The van der Waals surface area contributed by atoms with Gasteiger partial charge in [-0.05, 0) is 50.7 Å². The van der Waals surface area contributed by atoms with Crippen molar-refractivity contribution in [3.8, 4) is 0 Å².